The largest absolute Gasteiger partial charge is 0.390 e. The van der Waals surface area contributed by atoms with Crippen LogP contribution < -0.4 is 0 Å². The Morgan fingerprint density at radius 1 is 1.47 bits per heavy atom. The van der Waals surface area contributed by atoms with Gasteiger partial charge in [0, 0.05) is 0 Å². The highest BCUT2D eigenvalue weighted by Gasteiger charge is 2.21. The molecule has 88 valence electrons. The van der Waals surface area contributed by atoms with Gasteiger partial charge in [-0.05, 0) is 45.4 Å². The lowest BCUT2D eigenvalue weighted by Crippen LogP contribution is -2.27. The number of ether oxygens (including phenoxy) is 1. The third-order valence-corrected chi connectivity index (χ3v) is 2.96. The number of carbonyl (C=O) groups is 1. The second kappa shape index (κ2) is 5.61. The van der Waals surface area contributed by atoms with Crippen LogP contribution in [0.5, 0.6) is 0 Å². The van der Waals surface area contributed by atoms with E-state index in [2.05, 4.69) is 0 Å². The number of rotatable bonds is 5. The molecule has 1 heterocycles. The molecule has 0 aromatic rings. The number of carbonyl (C=O) groups excluding carboxylic acids is 1. The Morgan fingerprint density at radius 2 is 2.20 bits per heavy atom. The van der Waals surface area contributed by atoms with Gasteiger partial charge in [-0.25, -0.2) is 0 Å². The monoisotopic (exact) mass is 214 g/mol. The zero-order chi connectivity index (χ0) is 11.3. The van der Waals surface area contributed by atoms with Gasteiger partial charge < -0.3 is 14.6 Å². The molecule has 1 aliphatic heterocycles. The third kappa shape index (κ3) is 5.28. The lowest BCUT2D eigenvalue weighted by atomic mass is 9.91. The first-order valence-electron chi connectivity index (χ1n) is 5.80. The first-order valence-corrected chi connectivity index (χ1v) is 5.80. The Hall–Kier alpha value is -0.410. The van der Waals surface area contributed by atoms with Crippen LogP contribution in [0.2, 0.25) is 0 Å². The van der Waals surface area contributed by atoms with Crippen LogP contribution in [0.25, 0.3) is 0 Å². The molecule has 1 rings (SSSR count). The molecule has 1 aliphatic rings. The number of aldehydes is 1. The van der Waals surface area contributed by atoms with Gasteiger partial charge in [-0.1, -0.05) is 6.42 Å². The molecule has 0 aliphatic carbocycles. The lowest BCUT2D eigenvalue weighted by Gasteiger charge is -2.26. The standard InChI is InChI=1S/C12H22O3/c1-12(2,14)7-3-4-10-5-6-11(8-13)15-9-10/h8,10-11,14H,3-7,9H2,1-2H3. The predicted octanol–water partition coefficient (Wildman–Crippen LogP) is 1.92. The Bertz CT molecular complexity index is 188. The number of hydrogen-bond acceptors (Lipinski definition) is 3. The van der Waals surface area contributed by atoms with E-state index < -0.39 is 5.60 Å². The van der Waals surface area contributed by atoms with Crippen LogP contribution in [0.3, 0.4) is 0 Å². The second-order valence-corrected chi connectivity index (χ2v) is 5.16. The highest BCUT2D eigenvalue weighted by atomic mass is 16.5. The summed E-state index contributed by atoms with van der Waals surface area (Å²) in [5.74, 6) is 0.573. The van der Waals surface area contributed by atoms with E-state index in [1.807, 2.05) is 13.8 Å². The maximum absolute atomic E-state index is 10.5. The van der Waals surface area contributed by atoms with Crippen molar-refractivity contribution < 1.29 is 14.6 Å². The molecule has 0 radical (unpaired) electrons. The molecule has 2 atom stereocenters. The van der Waals surface area contributed by atoms with Crippen molar-refractivity contribution in [2.24, 2.45) is 5.92 Å². The summed E-state index contributed by atoms with van der Waals surface area (Å²) in [5.41, 5.74) is -0.555. The van der Waals surface area contributed by atoms with Gasteiger partial charge in [-0.2, -0.15) is 0 Å². The van der Waals surface area contributed by atoms with Gasteiger partial charge in [-0.3, -0.25) is 0 Å². The van der Waals surface area contributed by atoms with Crippen molar-refractivity contribution in [3.63, 3.8) is 0 Å². The summed E-state index contributed by atoms with van der Waals surface area (Å²) in [4.78, 5) is 10.5. The maximum Gasteiger partial charge on any atom is 0.148 e. The molecule has 1 fully saturated rings. The van der Waals surface area contributed by atoms with Gasteiger partial charge in [0.15, 0.2) is 0 Å². The molecule has 0 amide bonds. The van der Waals surface area contributed by atoms with Crippen LogP contribution in [0.15, 0.2) is 0 Å². The molecule has 0 bridgehead atoms. The molecule has 0 aromatic carbocycles. The minimum Gasteiger partial charge on any atom is -0.390 e. The summed E-state index contributed by atoms with van der Waals surface area (Å²) in [5, 5.41) is 9.55. The summed E-state index contributed by atoms with van der Waals surface area (Å²) in [6, 6.07) is 0. The molecule has 0 saturated carbocycles. The molecule has 3 heteroatoms. The Kier molecular flexibility index (Phi) is 4.74. The quantitative estimate of drug-likeness (QED) is 0.711. The molecular weight excluding hydrogens is 192 g/mol. The number of aliphatic hydroxyl groups is 1. The summed E-state index contributed by atoms with van der Waals surface area (Å²) in [6.07, 6.45) is 5.62. The SMILES string of the molecule is CC(C)(O)CCCC1CCC(C=O)OC1. The second-order valence-electron chi connectivity index (χ2n) is 5.16. The van der Waals surface area contributed by atoms with E-state index in [0.717, 1.165) is 38.4 Å². The fraction of sp³-hybridized carbons (Fsp3) is 0.917. The molecule has 1 N–H and O–H groups in total. The predicted molar refractivity (Wildman–Crippen MR) is 58.7 cm³/mol. The van der Waals surface area contributed by atoms with Gasteiger partial charge in [-0.15, -0.1) is 0 Å². The highest BCUT2D eigenvalue weighted by Crippen LogP contribution is 2.24. The van der Waals surface area contributed by atoms with Crippen LogP contribution in [0, 0.1) is 5.92 Å². The summed E-state index contributed by atoms with van der Waals surface area (Å²) >= 11 is 0. The van der Waals surface area contributed by atoms with Gasteiger partial charge in [0.1, 0.15) is 12.4 Å². The lowest BCUT2D eigenvalue weighted by molar-refractivity contribution is -0.122. The van der Waals surface area contributed by atoms with Crippen molar-refractivity contribution in [3.05, 3.63) is 0 Å². The van der Waals surface area contributed by atoms with Crippen LogP contribution in [0.1, 0.15) is 46.0 Å². The summed E-state index contributed by atoms with van der Waals surface area (Å²) < 4.78 is 5.39. The Morgan fingerprint density at radius 3 is 2.67 bits per heavy atom. The molecular formula is C12H22O3. The van der Waals surface area contributed by atoms with Gasteiger partial charge in [0.2, 0.25) is 0 Å². The molecule has 15 heavy (non-hydrogen) atoms. The maximum atomic E-state index is 10.5. The molecule has 0 aromatic heterocycles. The van der Waals surface area contributed by atoms with Crippen LogP contribution in [-0.2, 0) is 9.53 Å². The van der Waals surface area contributed by atoms with Crippen molar-refractivity contribution in [3.8, 4) is 0 Å². The van der Waals surface area contributed by atoms with E-state index in [0.29, 0.717) is 12.5 Å². The van der Waals surface area contributed by atoms with Gasteiger partial charge >= 0.3 is 0 Å². The minimum atomic E-state index is -0.555. The van der Waals surface area contributed by atoms with Crippen LogP contribution in [0.4, 0.5) is 0 Å². The Balaban J connectivity index is 2.11. The van der Waals surface area contributed by atoms with Crippen LogP contribution in [-0.4, -0.2) is 29.7 Å². The molecule has 2 unspecified atom stereocenters. The van der Waals surface area contributed by atoms with Crippen molar-refractivity contribution in [1.82, 2.24) is 0 Å². The Labute approximate surface area is 91.8 Å². The highest BCUT2D eigenvalue weighted by molar-refractivity contribution is 5.55. The minimum absolute atomic E-state index is 0.171. The van der Waals surface area contributed by atoms with Crippen molar-refractivity contribution in [2.75, 3.05) is 6.61 Å². The van der Waals surface area contributed by atoms with E-state index >= 15 is 0 Å². The number of hydrogen-bond donors (Lipinski definition) is 1. The van der Waals surface area contributed by atoms with Crippen molar-refractivity contribution in [2.45, 2.75) is 57.7 Å². The molecule has 1 saturated heterocycles. The smallest absolute Gasteiger partial charge is 0.148 e. The first kappa shape index (κ1) is 12.7. The summed E-state index contributed by atoms with van der Waals surface area (Å²) in [6.45, 7) is 4.38. The fourth-order valence-corrected chi connectivity index (χ4v) is 1.98. The van der Waals surface area contributed by atoms with Crippen molar-refractivity contribution >= 4 is 6.29 Å². The van der Waals surface area contributed by atoms with Crippen LogP contribution >= 0.6 is 0 Å². The molecule has 3 nitrogen and oxygen atoms in total. The summed E-state index contributed by atoms with van der Waals surface area (Å²) in [7, 11) is 0. The van der Waals surface area contributed by atoms with E-state index in [9.17, 15) is 9.90 Å². The average molecular weight is 214 g/mol. The third-order valence-electron chi connectivity index (χ3n) is 2.96. The van der Waals surface area contributed by atoms with Gasteiger partial charge in [0.05, 0.1) is 12.2 Å². The zero-order valence-electron chi connectivity index (χ0n) is 9.74. The fourth-order valence-electron chi connectivity index (χ4n) is 1.98. The van der Waals surface area contributed by atoms with E-state index in [1.165, 1.54) is 0 Å². The van der Waals surface area contributed by atoms with E-state index in [-0.39, 0.29) is 6.10 Å². The van der Waals surface area contributed by atoms with E-state index in [1.54, 1.807) is 0 Å². The normalized spacial score (nSPS) is 27.7. The average Bonchev–Trinajstić information content (AvgIpc) is 2.17. The zero-order valence-corrected chi connectivity index (χ0v) is 9.74. The molecule has 0 spiro atoms. The van der Waals surface area contributed by atoms with E-state index in [4.69, 9.17) is 4.74 Å². The first-order chi connectivity index (χ1) is 7.01. The van der Waals surface area contributed by atoms with Gasteiger partial charge in [0.25, 0.3) is 0 Å². The van der Waals surface area contributed by atoms with Crippen molar-refractivity contribution in [1.29, 1.82) is 0 Å². The topological polar surface area (TPSA) is 46.5 Å².